The normalized spacial score (nSPS) is 23.0. The number of aryl methyl sites for hydroxylation is 1. The van der Waals surface area contributed by atoms with Crippen LogP contribution in [0.3, 0.4) is 0 Å². The fraction of sp³-hybridized carbons (Fsp3) is 0.381. The van der Waals surface area contributed by atoms with Crippen LogP contribution in [-0.2, 0) is 25.0 Å². The number of carbonyl (C=O) groups excluding carboxylic acids is 1. The molecule has 2 aromatic carbocycles. The lowest BCUT2D eigenvalue weighted by Gasteiger charge is -2.43. The largest absolute Gasteiger partial charge is 0.468 e. The minimum Gasteiger partial charge on any atom is -0.468 e. The Hall–Kier alpha value is -2.32. The molecule has 1 aliphatic heterocycles. The Morgan fingerprint density at radius 2 is 1.79 bits per heavy atom. The number of hydrogen-bond acceptors (Lipinski definition) is 4. The molecule has 1 aliphatic rings. The maximum Gasteiger partial charge on any atom is 0.316 e. The number of methoxy groups -OCH3 is 1. The van der Waals surface area contributed by atoms with Crippen LogP contribution in [0.5, 0.6) is 0 Å². The summed E-state index contributed by atoms with van der Waals surface area (Å²) in [5.74, 6) is -2.67. The fourth-order valence-corrected chi connectivity index (χ4v) is 5.62. The molecule has 3 rings (SSSR count). The zero-order valence-electron chi connectivity index (χ0n) is 16.5. The Balaban J connectivity index is 1.97. The molecule has 156 valence electrons. The molecule has 0 bridgehead atoms. The van der Waals surface area contributed by atoms with Crippen molar-refractivity contribution in [3.05, 3.63) is 65.2 Å². The van der Waals surface area contributed by atoms with Crippen molar-refractivity contribution in [2.75, 3.05) is 13.7 Å². The summed E-state index contributed by atoms with van der Waals surface area (Å²) in [5.41, 5.74) is -0.0247. The monoisotopic (exact) mass is 423 g/mol. The van der Waals surface area contributed by atoms with E-state index >= 15 is 0 Å². The van der Waals surface area contributed by atoms with Gasteiger partial charge in [-0.05, 0) is 56.5 Å². The average molecular weight is 423 g/mol. The highest BCUT2D eigenvalue weighted by Gasteiger charge is 2.49. The van der Waals surface area contributed by atoms with Gasteiger partial charge in [0.1, 0.15) is 0 Å². The quantitative estimate of drug-likeness (QED) is 0.706. The van der Waals surface area contributed by atoms with Crippen LogP contribution in [0.2, 0.25) is 0 Å². The van der Waals surface area contributed by atoms with E-state index in [1.807, 2.05) is 6.92 Å². The number of rotatable bonds is 4. The molecule has 0 radical (unpaired) electrons. The zero-order valence-corrected chi connectivity index (χ0v) is 17.3. The average Bonchev–Trinajstić information content (AvgIpc) is 2.69. The van der Waals surface area contributed by atoms with Crippen LogP contribution in [0, 0.1) is 18.6 Å². The lowest BCUT2D eigenvalue weighted by molar-refractivity contribution is -0.150. The van der Waals surface area contributed by atoms with Gasteiger partial charge in [-0.25, -0.2) is 17.2 Å². The first-order valence-electron chi connectivity index (χ1n) is 9.24. The van der Waals surface area contributed by atoms with E-state index in [0.29, 0.717) is 0 Å². The molecule has 2 atom stereocenters. The van der Waals surface area contributed by atoms with Crippen molar-refractivity contribution >= 4 is 16.0 Å². The van der Waals surface area contributed by atoms with Gasteiger partial charge in [0.05, 0.1) is 17.4 Å². The van der Waals surface area contributed by atoms with E-state index in [1.54, 1.807) is 31.2 Å². The highest BCUT2D eigenvalue weighted by atomic mass is 32.2. The molecular formula is C21H23F2NO4S. The minimum atomic E-state index is -3.76. The van der Waals surface area contributed by atoms with Crippen LogP contribution in [0.4, 0.5) is 8.78 Å². The van der Waals surface area contributed by atoms with Gasteiger partial charge in [0.25, 0.3) is 0 Å². The van der Waals surface area contributed by atoms with Crippen LogP contribution < -0.4 is 0 Å². The van der Waals surface area contributed by atoms with Gasteiger partial charge in [-0.3, -0.25) is 4.79 Å². The number of ether oxygens (including phenoxy) is 1. The van der Waals surface area contributed by atoms with Gasteiger partial charge < -0.3 is 4.74 Å². The Morgan fingerprint density at radius 3 is 2.34 bits per heavy atom. The van der Waals surface area contributed by atoms with Crippen molar-refractivity contribution in [1.29, 1.82) is 0 Å². The van der Waals surface area contributed by atoms with E-state index in [1.165, 1.54) is 17.5 Å². The van der Waals surface area contributed by atoms with E-state index < -0.39 is 39.1 Å². The van der Waals surface area contributed by atoms with Gasteiger partial charge in [-0.1, -0.05) is 23.8 Å². The summed E-state index contributed by atoms with van der Waals surface area (Å²) in [4.78, 5) is 12.9. The van der Waals surface area contributed by atoms with Crippen LogP contribution in [0.15, 0.2) is 47.4 Å². The molecule has 29 heavy (non-hydrogen) atoms. The summed E-state index contributed by atoms with van der Waals surface area (Å²) in [7, 11) is -2.53. The van der Waals surface area contributed by atoms with Crippen molar-refractivity contribution in [2.24, 2.45) is 0 Å². The third-order valence-corrected chi connectivity index (χ3v) is 7.60. The van der Waals surface area contributed by atoms with Gasteiger partial charge in [0.2, 0.25) is 10.0 Å². The number of carbonyl (C=O) groups is 1. The second-order valence-corrected chi connectivity index (χ2v) is 9.33. The van der Waals surface area contributed by atoms with Gasteiger partial charge in [-0.15, -0.1) is 0 Å². The van der Waals surface area contributed by atoms with Crippen LogP contribution in [-0.4, -0.2) is 38.4 Å². The molecule has 1 fully saturated rings. The lowest BCUT2D eigenvalue weighted by atomic mass is 9.71. The predicted octanol–water partition coefficient (Wildman–Crippen LogP) is 3.56. The Morgan fingerprint density at radius 1 is 1.14 bits per heavy atom. The SMILES string of the molecule is COC(=O)C1(c2ccc(F)c(F)c2)CCN(S(=O)(=O)c2ccc(C)cc2)[C@@H](C)C1. The maximum absolute atomic E-state index is 13.9. The zero-order chi connectivity index (χ0) is 21.4. The van der Waals surface area contributed by atoms with E-state index in [0.717, 1.165) is 17.7 Å². The highest BCUT2D eigenvalue weighted by Crippen LogP contribution is 2.41. The summed E-state index contributed by atoms with van der Waals surface area (Å²) in [6.45, 7) is 3.61. The second kappa shape index (κ2) is 7.84. The van der Waals surface area contributed by atoms with E-state index in [4.69, 9.17) is 4.74 Å². The molecule has 1 heterocycles. The highest BCUT2D eigenvalue weighted by molar-refractivity contribution is 7.89. The summed E-state index contributed by atoms with van der Waals surface area (Å²) in [6, 6.07) is 9.31. The molecule has 0 N–H and O–H groups in total. The molecule has 0 aliphatic carbocycles. The molecule has 1 unspecified atom stereocenters. The van der Waals surface area contributed by atoms with Gasteiger partial charge in [-0.2, -0.15) is 4.31 Å². The molecule has 2 aromatic rings. The van der Waals surface area contributed by atoms with E-state index in [2.05, 4.69) is 0 Å². The van der Waals surface area contributed by atoms with Crippen LogP contribution in [0.1, 0.15) is 30.9 Å². The summed E-state index contributed by atoms with van der Waals surface area (Å²) in [5, 5.41) is 0. The standard InChI is InChI=1S/C21H23F2NO4S/c1-14-4-7-17(8-5-14)29(26,27)24-11-10-21(13-15(24)2,20(25)28-3)16-6-9-18(22)19(23)12-16/h4-9,12,15H,10-11,13H2,1-3H3/t15-,21?/m0/s1. The molecular weight excluding hydrogens is 400 g/mol. The third kappa shape index (κ3) is 3.79. The number of halogens is 2. The number of piperidine rings is 1. The lowest BCUT2D eigenvalue weighted by Crippen LogP contribution is -2.53. The molecule has 0 spiro atoms. The number of esters is 1. The van der Waals surface area contributed by atoms with Crippen LogP contribution in [0.25, 0.3) is 0 Å². The molecule has 5 nitrogen and oxygen atoms in total. The summed E-state index contributed by atoms with van der Waals surface area (Å²) >= 11 is 0. The van der Waals surface area contributed by atoms with Crippen molar-refractivity contribution in [2.45, 2.75) is 43.0 Å². The number of hydrogen-bond donors (Lipinski definition) is 0. The smallest absolute Gasteiger partial charge is 0.316 e. The fourth-order valence-electron chi connectivity index (χ4n) is 3.99. The molecule has 8 heteroatoms. The van der Waals surface area contributed by atoms with Crippen molar-refractivity contribution in [1.82, 2.24) is 4.31 Å². The van der Waals surface area contributed by atoms with E-state index in [-0.39, 0.29) is 29.8 Å². The first-order chi connectivity index (χ1) is 13.6. The minimum absolute atomic E-state index is 0.0471. The van der Waals surface area contributed by atoms with Crippen molar-refractivity contribution < 1.29 is 26.7 Å². The Kier molecular flexibility index (Phi) is 5.78. The first kappa shape index (κ1) is 21.4. The molecule has 0 amide bonds. The first-order valence-corrected chi connectivity index (χ1v) is 10.7. The van der Waals surface area contributed by atoms with Gasteiger partial charge in [0.15, 0.2) is 11.6 Å². The Bertz CT molecular complexity index is 1020. The molecule has 0 saturated carbocycles. The topological polar surface area (TPSA) is 63.7 Å². The summed E-state index contributed by atoms with van der Waals surface area (Å²) < 4.78 is 59.8. The number of benzene rings is 2. The molecule has 0 aromatic heterocycles. The predicted molar refractivity (Wildman–Crippen MR) is 104 cm³/mol. The number of sulfonamides is 1. The van der Waals surface area contributed by atoms with Crippen molar-refractivity contribution in [3.8, 4) is 0 Å². The van der Waals surface area contributed by atoms with Gasteiger partial charge >= 0.3 is 5.97 Å². The third-order valence-electron chi connectivity index (χ3n) is 5.57. The van der Waals surface area contributed by atoms with Crippen LogP contribution >= 0.6 is 0 Å². The van der Waals surface area contributed by atoms with Crippen molar-refractivity contribution in [3.63, 3.8) is 0 Å². The number of nitrogens with zero attached hydrogens (tertiary/aromatic N) is 1. The van der Waals surface area contributed by atoms with E-state index in [9.17, 15) is 22.0 Å². The maximum atomic E-state index is 13.9. The second-order valence-electron chi connectivity index (χ2n) is 7.43. The van der Waals surface area contributed by atoms with Gasteiger partial charge in [0, 0.05) is 12.6 Å². The Labute approximate surface area is 169 Å². The molecule has 1 saturated heterocycles. The summed E-state index contributed by atoms with van der Waals surface area (Å²) in [6.07, 6.45) is 0.190.